The van der Waals surface area contributed by atoms with Gasteiger partial charge in [0.25, 0.3) is 11.5 Å². The van der Waals surface area contributed by atoms with E-state index in [1.807, 2.05) is 32.9 Å². The molecule has 0 bridgehead atoms. The van der Waals surface area contributed by atoms with Gasteiger partial charge in [-0.2, -0.15) is 0 Å². The highest BCUT2D eigenvalue weighted by Crippen LogP contribution is 2.19. The molecule has 0 aliphatic rings. The number of nitrogens with one attached hydrogen (secondary N) is 1. The van der Waals surface area contributed by atoms with E-state index in [0.29, 0.717) is 12.3 Å². The molecule has 1 aromatic carbocycles. The summed E-state index contributed by atoms with van der Waals surface area (Å²) >= 11 is 0. The zero-order valence-electron chi connectivity index (χ0n) is 17.2. The lowest BCUT2D eigenvalue weighted by molar-refractivity contribution is -0.120. The standard InChI is InChI=1S/C20H28N4O5/c1-13(2)11-24-18(21)17(19(26)22-20(24)27)23(8-9-28-4)16(25)12-29-15-7-5-6-14(3)10-15/h5-7,10,13H,8-9,11-12,21H2,1-4H3,(H,22,26,27). The van der Waals surface area contributed by atoms with Crippen LogP contribution in [-0.2, 0) is 16.1 Å². The van der Waals surface area contributed by atoms with E-state index in [-0.39, 0.29) is 37.2 Å². The highest BCUT2D eigenvalue weighted by Gasteiger charge is 2.24. The maximum absolute atomic E-state index is 12.9. The summed E-state index contributed by atoms with van der Waals surface area (Å²) in [5, 5.41) is 0. The second-order valence-corrected chi connectivity index (χ2v) is 7.14. The predicted octanol–water partition coefficient (Wildman–Crippen LogP) is 1.14. The molecule has 0 aliphatic heterocycles. The number of nitrogen functional groups attached to an aromatic ring is 1. The van der Waals surface area contributed by atoms with Crippen LogP contribution in [0.3, 0.4) is 0 Å². The Morgan fingerprint density at radius 1 is 1.31 bits per heavy atom. The molecule has 0 saturated carbocycles. The minimum Gasteiger partial charge on any atom is -0.484 e. The topological polar surface area (TPSA) is 120 Å². The van der Waals surface area contributed by atoms with Crippen molar-refractivity contribution in [2.75, 3.05) is 37.5 Å². The molecule has 9 nitrogen and oxygen atoms in total. The van der Waals surface area contributed by atoms with E-state index in [9.17, 15) is 14.4 Å². The van der Waals surface area contributed by atoms with Gasteiger partial charge in [0.15, 0.2) is 12.3 Å². The lowest BCUT2D eigenvalue weighted by Crippen LogP contribution is -2.44. The lowest BCUT2D eigenvalue weighted by Gasteiger charge is -2.24. The summed E-state index contributed by atoms with van der Waals surface area (Å²) in [6.45, 7) is 6.02. The van der Waals surface area contributed by atoms with Gasteiger partial charge >= 0.3 is 5.69 Å². The molecule has 2 aromatic rings. The predicted molar refractivity (Wildman–Crippen MR) is 111 cm³/mol. The van der Waals surface area contributed by atoms with Crippen LogP contribution < -0.4 is 26.6 Å². The van der Waals surface area contributed by atoms with Gasteiger partial charge < -0.3 is 15.2 Å². The molecular formula is C20H28N4O5. The molecular weight excluding hydrogens is 376 g/mol. The Labute approximate surface area is 169 Å². The summed E-state index contributed by atoms with van der Waals surface area (Å²) in [7, 11) is 1.49. The summed E-state index contributed by atoms with van der Waals surface area (Å²) in [5.74, 6) is 0.112. The van der Waals surface area contributed by atoms with Crippen LogP contribution in [0.2, 0.25) is 0 Å². The normalized spacial score (nSPS) is 10.9. The number of hydrogen-bond donors (Lipinski definition) is 2. The molecule has 0 radical (unpaired) electrons. The first kappa shape index (κ1) is 22.2. The second kappa shape index (κ2) is 9.92. The van der Waals surface area contributed by atoms with Crippen LogP contribution in [-0.4, -0.2) is 42.3 Å². The van der Waals surface area contributed by atoms with Gasteiger partial charge in [-0.05, 0) is 30.5 Å². The molecule has 29 heavy (non-hydrogen) atoms. The Balaban J connectivity index is 2.37. The van der Waals surface area contributed by atoms with Crippen LogP contribution in [0.1, 0.15) is 19.4 Å². The molecule has 1 aromatic heterocycles. The van der Waals surface area contributed by atoms with Gasteiger partial charge in [0.05, 0.1) is 6.61 Å². The SMILES string of the molecule is COCCN(C(=O)COc1cccc(C)c1)c1c(N)n(CC(C)C)c(=O)[nH]c1=O. The maximum Gasteiger partial charge on any atom is 0.330 e. The van der Waals surface area contributed by atoms with E-state index in [1.165, 1.54) is 16.6 Å². The van der Waals surface area contributed by atoms with Crippen molar-refractivity contribution in [1.29, 1.82) is 0 Å². The second-order valence-electron chi connectivity index (χ2n) is 7.14. The quantitative estimate of drug-likeness (QED) is 0.647. The Hall–Kier alpha value is -3.07. The third-order valence-electron chi connectivity index (χ3n) is 4.20. The number of rotatable bonds is 9. The molecule has 1 amide bonds. The number of H-pyrrole nitrogens is 1. The number of carbonyl (C=O) groups is 1. The van der Waals surface area contributed by atoms with Crippen LogP contribution in [0.25, 0.3) is 0 Å². The number of ether oxygens (including phenoxy) is 2. The molecule has 1 heterocycles. The number of nitrogens with zero attached hydrogens (tertiary/aromatic N) is 2. The van der Waals surface area contributed by atoms with Gasteiger partial charge in [-0.3, -0.25) is 24.0 Å². The summed E-state index contributed by atoms with van der Waals surface area (Å²) in [6, 6.07) is 7.28. The average Bonchev–Trinajstić information content (AvgIpc) is 2.65. The van der Waals surface area contributed by atoms with Crippen molar-refractivity contribution in [2.45, 2.75) is 27.3 Å². The van der Waals surface area contributed by atoms with E-state index in [1.54, 1.807) is 12.1 Å². The Morgan fingerprint density at radius 2 is 2.03 bits per heavy atom. The maximum atomic E-state index is 12.9. The third kappa shape index (κ3) is 5.71. The van der Waals surface area contributed by atoms with Crippen LogP contribution in [0, 0.1) is 12.8 Å². The van der Waals surface area contributed by atoms with Crippen molar-refractivity contribution in [1.82, 2.24) is 9.55 Å². The molecule has 9 heteroatoms. The molecule has 158 valence electrons. The van der Waals surface area contributed by atoms with Gasteiger partial charge in [-0.15, -0.1) is 0 Å². The molecule has 0 atom stereocenters. The minimum atomic E-state index is -0.729. The van der Waals surface area contributed by atoms with Crippen LogP contribution >= 0.6 is 0 Å². The van der Waals surface area contributed by atoms with E-state index >= 15 is 0 Å². The van der Waals surface area contributed by atoms with Crippen molar-refractivity contribution < 1.29 is 14.3 Å². The number of amides is 1. The molecule has 0 fully saturated rings. The van der Waals surface area contributed by atoms with E-state index < -0.39 is 17.2 Å². The Morgan fingerprint density at radius 3 is 2.66 bits per heavy atom. The molecule has 0 spiro atoms. The van der Waals surface area contributed by atoms with Crippen LogP contribution in [0.5, 0.6) is 5.75 Å². The zero-order chi connectivity index (χ0) is 21.6. The zero-order valence-corrected chi connectivity index (χ0v) is 17.2. The number of anilines is 2. The first-order chi connectivity index (χ1) is 13.7. The number of aromatic amines is 1. The minimum absolute atomic E-state index is 0.0625. The smallest absolute Gasteiger partial charge is 0.330 e. The lowest BCUT2D eigenvalue weighted by atomic mass is 10.2. The Kier molecular flexibility index (Phi) is 7.60. The van der Waals surface area contributed by atoms with Gasteiger partial charge in [0.2, 0.25) is 0 Å². The van der Waals surface area contributed by atoms with Crippen molar-refractivity contribution >= 4 is 17.4 Å². The Bertz CT molecular complexity index is 964. The summed E-state index contributed by atoms with van der Waals surface area (Å²) < 4.78 is 11.9. The number of carbonyl (C=O) groups excluding carboxylic acids is 1. The number of methoxy groups -OCH3 is 1. The third-order valence-corrected chi connectivity index (χ3v) is 4.20. The van der Waals surface area contributed by atoms with Crippen molar-refractivity contribution in [2.24, 2.45) is 5.92 Å². The fourth-order valence-corrected chi connectivity index (χ4v) is 2.86. The highest BCUT2D eigenvalue weighted by molar-refractivity contribution is 5.96. The molecule has 2 rings (SSSR count). The molecule has 0 unspecified atom stereocenters. The van der Waals surface area contributed by atoms with Crippen LogP contribution in [0.4, 0.5) is 11.5 Å². The first-order valence-electron chi connectivity index (χ1n) is 9.36. The molecule has 0 aliphatic carbocycles. The average molecular weight is 404 g/mol. The first-order valence-corrected chi connectivity index (χ1v) is 9.36. The number of nitrogens with two attached hydrogens (primary N) is 1. The number of hydrogen-bond acceptors (Lipinski definition) is 6. The molecule has 0 saturated heterocycles. The van der Waals surface area contributed by atoms with Crippen molar-refractivity contribution in [3.63, 3.8) is 0 Å². The van der Waals surface area contributed by atoms with Crippen LogP contribution in [0.15, 0.2) is 33.9 Å². The van der Waals surface area contributed by atoms with Gasteiger partial charge in [-0.25, -0.2) is 4.79 Å². The van der Waals surface area contributed by atoms with Crippen molar-refractivity contribution in [3.8, 4) is 5.75 Å². The van der Waals surface area contributed by atoms with E-state index in [4.69, 9.17) is 15.2 Å². The number of aryl methyl sites for hydroxylation is 1. The highest BCUT2D eigenvalue weighted by atomic mass is 16.5. The number of aromatic nitrogens is 2. The summed E-state index contributed by atoms with van der Waals surface area (Å²) in [5.41, 5.74) is 5.71. The summed E-state index contributed by atoms with van der Waals surface area (Å²) in [4.78, 5) is 41.0. The fourth-order valence-electron chi connectivity index (χ4n) is 2.86. The van der Waals surface area contributed by atoms with Gasteiger partial charge in [-0.1, -0.05) is 26.0 Å². The number of benzene rings is 1. The fraction of sp³-hybridized carbons (Fsp3) is 0.450. The molecule has 3 N–H and O–H groups in total. The monoisotopic (exact) mass is 404 g/mol. The van der Waals surface area contributed by atoms with Crippen molar-refractivity contribution in [3.05, 3.63) is 50.7 Å². The summed E-state index contributed by atoms with van der Waals surface area (Å²) in [6.07, 6.45) is 0. The van der Waals surface area contributed by atoms with Gasteiger partial charge in [0.1, 0.15) is 11.6 Å². The van der Waals surface area contributed by atoms with E-state index in [0.717, 1.165) is 5.56 Å². The van der Waals surface area contributed by atoms with E-state index in [2.05, 4.69) is 4.98 Å². The van der Waals surface area contributed by atoms with Gasteiger partial charge in [0, 0.05) is 20.2 Å². The largest absolute Gasteiger partial charge is 0.484 e.